The minimum Gasteiger partial charge on any atom is -0.408 e. The van der Waals surface area contributed by atoms with Crippen LogP contribution < -0.4 is 11.1 Å². The molecule has 0 saturated carbocycles. The monoisotopic (exact) mass is 329 g/mol. The smallest absolute Gasteiger partial charge is 0.408 e. The molecule has 0 spiro atoms. The lowest BCUT2D eigenvalue weighted by atomic mass is 10.3. The molecule has 2 aromatic heterocycles. The van der Waals surface area contributed by atoms with Crippen LogP contribution in [0.3, 0.4) is 0 Å². The lowest BCUT2D eigenvalue weighted by Gasteiger charge is -2.03. The highest BCUT2D eigenvalue weighted by molar-refractivity contribution is 7.15. The van der Waals surface area contributed by atoms with Crippen molar-refractivity contribution in [2.24, 2.45) is 0 Å². The lowest BCUT2D eigenvalue weighted by Crippen LogP contribution is -2.19. The Balaban J connectivity index is 1.44. The first-order valence-corrected chi connectivity index (χ1v) is 8.39. The second-order valence-corrected chi connectivity index (χ2v) is 6.61. The summed E-state index contributed by atoms with van der Waals surface area (Å²) in [6.45, 7) is 0.284. The van der Waals surface area contributed by atoms with Crippen molar-refractivity contribution in [3.63, 3.8) is 0 Å². The minimum atomic E-state index is -0.438. The molecule has 23 heavy (non-hydrogen) atoms. The highest BCUT2D eigenvalue weighted by Crippen LogP contribution is 2.30. The van der Waals surface area contributed by atoms with Gasteiger partial charge in [0.15, 0.2) is 10.7 Å². The number of oxazole rings is 1. The van der Waals surface area contributed by atoms with Crippen molar-refractivity contribution in [1.29, 1.82) is 0 Å². The van der Waals surface area contributed by atoms with Crippen molar-refractivity contribution in [3.8, 4) is 0 Å². The zero-order valence-corrected chi connectivity index (χ0v) is 13.2. The van der Waals surface area contributed by atoms with E-state index < -0.39 is 5.76 Å². The third-order valence-electron chi connectivity index (χ3n) is 3.98. The molecule has 0 atom stereocenters. The predicted octanol–water partition coefficient (Wildman–Crippen LogP) is 2.57. The van der Waals surface area contributed by atoms with Gasteiger partial charge in [-0.2, -0.15) is 0 Å². The Morgan fingerprint density at radius 1 is 1.35 bits per heavy atom. The number of thiazole rings is 1. The van der Waals surface area contributed by atoms with E-state index in [2.05, 4.69) is 10.3 Å². The van der Waals surface area contributed by atoms with Crippen molar-refractivity contribution in [2.45, 2.75) is 32.2 Å². The van der Waals surface area contributed by atoms with Crippen molar-refractivity contribution in [2.75, 3.05) is 5.32 Å². The average molecular weight is 329 g/mol. The number of nitrogens with zero attached hydrogens (tertiary/aromatic N) is 2. The molecule has 0 fully saturated rings. The van der Waals surface area contributed by atoms with Crippen LogP contribution in [0, 0.1) is 0 Å². The number of nitrogens with one attached hydrogen (secondary N) is 1. The zero-order valence-electron chi connectivity index (χ0n) is 12.4. The molecule has 7 heteroatoms. The molecule has 0 saturated heterocycles. The van der Waals surface area contributed by atoms with E-state index >= 15 is 0 Å². The SMILES string of the molecule is O=C(CCn1c(=O)oc2ccccc21)Nc1nc2c(s1)CCC2. The van der Waals surface area contributed by atoms with Gasteiger partial charge in [0.25, 0.3) is 0 Å². The fourth-order valence-electron chi connectivity index (χ4n) is 2.86. The lowest BCUT2D eigenvalue weighted by molar-refractivity contribution is -0.116. The maximum atomic E-state index is 12.1. The Morgan fingerprint density at radius 2 is 2.22 bits per heavy atom. The average Bonchev–Trinajstić information content (AvgIpc) is 3.17. The van der Waals surface area contributed by atoms with Gasteiger partial charge in [-0.15, -0.1) is 11.3 Å². The van der Waals surface area contributed by atoms with E-state index in [1.807, 2.05) is 18.2 Å². The first kappa shape index (κ1) is 14.2. The summed E-state index contributed by atoms with van der Waals surface area (Å²) in [4.78, 5) is 29.7. The number of hydrogen-bond donors (Lipinski definition) is 1. The van der Waals surface area contributed by atoms with E-state index in [4.69, 9.17) is 4.42 Å². The van der Waals surface area contributed by atoms with Gasteiger partial charge in [-0.1, -0.05) is 12.1 Å². The fourth-order valence-corrected chi connectivity index (χ4v) is 3.93. The number of anilines is 1. The van der Waals surface area contributed by atoms with Gasteiger partial charge in [0.05, 0.1) is 11.2 Å². The number of rotatable bonds is 4. The van der Waals surface area contributed by atoms with Crippen LogP contribution in [0.15, 0.2) is 33.5 Å². The molecule has 1 amide bonds. The van der Waals surface area contributed by atoms with Gasteiger partial charge in [0, 0.05) is 17.8 Å². The van der Waals surface area contributed by atoms with E-state index in [9.17, 15) is 9.59 Å². The highest BCUT2D eigenvalue weighted by Gasteiger charge is 2.18. The van der Waals surface area contributed by atoms with Crippen LogP contribution in [0.2, 0.25) is 0 Å². The Kier molecular flexibility index (Phi) is 3.49. The number of aromatic nitrogens is 2. The summed E-state index contributed by atoms with van der Waals surface area (Å²) < 4.78 is 6.64. The number of amides is 1. The van der Waals surface area contributed by atoms with Gasteiger partial charge in [0.2, 0.25) is 5.91 Å². The number of hydrogen-bond acceptors (Lipinski definition) is 5. The summed E-state index contributed by atoms with van der Waals surface area (Å²) in [5, 5.41) is 3.48. The molecule has 0 aliphatic heterocycles. The topological polar surface area (TPSA) is 77.1 Å². The molecule has 1 aliphatic rings. The number of benzene rings is 1. The van der Waals surface area contributed by atoms with Gasteiger partial charge < -0.3 is 9.73 Å². The first-order chi connectivity index (χ1) is 11.2. The molecule has 118 valence electrons. The number of aryl methyl sites for hydroxylation is 3. The maximum absolute atomic E-state index is 12.1. The molecule has 6 nitrogen and oxygen atoms in total. The molecule has 0 bridgehead atoms. The standard InChI is InChI=1S/C16H15N3O3S/c20-14(18-15-17-10-4-3-7-13(10)23-15)8-9-19-11-5-1-2-6-12(11)22-16(19)21/h1-2,5-6H,3-4,7-9H2,(H,17,18,20). The molecule has 4 rings (SSSR count). The Bertz CT molecular complexity index is 916. The van der Waals surface area contributed by atoms with Crippen LogP contribution in [-0.2, 0) is 24.2 Å². The Hall–Kier alpha value is -2.41. The second kappa shape index (κ2) is 5.66. The van der Waals surface area contributed by atoms with Crippen molar-refractivity contribution in [3.05, 3.63) is 45.4 Å². The first-order valence-electron chi connectivity index (χ1n) is 7.57. The van der Waals surface area contributed by atoms with E-state index in [0.29, 0.717) is 16.2 Å². The van der Waals surface area contributed by atoms with Crippen LogP contribution in [0.25, 0.3) is 11.1 Å². The van der Waals surface area contributed by atoms with Crippen LogP contribution in [-0.4, -0.2) is 15.5 Å². The summed E-state index contributed by atoms with van der Waals surface area (Å²) >= 11 is 1.55. The molecule has 2 heterocycles. The van der Waals surface area contributed by atoms with E-state index in [1.165, 1.54) is 9.44 Å². The normalized spacial score (nSPS) is 13.4. The molecule has 3 aromatic rings. The van der Waals surface area contributed by atoms with Gasteiger partial charge >= 0.3 is 5.76 Å². The highest BCUT2D eigenvalue weighted by atomic mass is 32.1. The summed E-state index contributed by atoms with van der Waals surface area (Å²) in [6, 6.07) is 7.20. The van der Waals surface area contributed by atoms with Crippen LogP contribution in [0.1, 0.15) is 23.4 Å². The third kappa shape index (κ3) is 2.68. The van der Waals surface area contributed by atoms with Gasteiger partial charge in [-0.05, 0) is 31.4 Å². The molecule has 0 unspecified atom stereocenters. The molecule has 1 aromatic carbocycles. The van der Waals surface area contributed by atoms with Crippen molar-refractivity contribution >= 4 is 33.5 Å². The van der Waals surface area contributed by atoms with Crippen LogP contribution in [0.5, 0.6) is 0 Å². The Morgan fingerprint density at radius 3 is 3.09 bits per heavy atom. The van der Waals surface area contributed by atoms with E-state index in [0.717, 1.165) is 25.0 Å². The largest absolute Gasteiger partial charge is 0.419 e. The summed E-state index contributed by atoms with van der Waals surface area (Å²) in [5.41, 5.74) is 2.36. The molecular weight excluding hydrogens is 314 g/mol. The van der Waals surface area contributed by atoms with Gasteiger partial charge in [-0.25, -0.2) is 9.78 Å². The molecule has 1 aliphatic carbocycles. The van der Waals surface area contributed by atoms with Crippen LogP contribution >= 0.6 is 11.3 Å². The van der Waals surface area contributed by atoms with Gasteiger partial charge in [-0.3, -0.25) is 9.36 Å². The Labute approximate surface area is 135 Å². The number of carbonyl (C=O) groups excluding carboxylic acids is 1. The number of fused-ring (bicyclic) bond motifs is 2. The second-order valence-electron chi connectivity index (χ2n) is 5.53. The molecule has 0 radical (unpaired) electrons. The number of para-hydroxylation sites is 2. The summed E-state index contributed by atoms with van der Waals surface area (Å²) in [7, 11) is 0. The van der Waals surface area contributed by atoms with E-state index in [-0.39, 0.29) is 18.9 Å². The van der Waals surface area contributed by atoms with E-state index in [1.54, 1.807) is 17.4 Å². The summed E-state index contributed by atoms with van der Waals surface area (Å²) in [5.74, 6) is -0.582. The summed E-state index contributed by atoms with van der Waals surface area (Å²) in [6.07, 6.45) is 3.41. The third-order valence-corrected chi connectivity index (χ3v) is 5.05. The van der Waals surface area contributed by atoms with Crippen LogP contribution in [0.4, 0.5) is 5.13 Å². The zero-order chi connectivity index (χ0) is 15.8. The maximum Gasteiger partial charge on any atom is 0.419 e. The van der Waals surface area contributed by atoms with Gasteiger partial charge in [0.1, 0.15) is 0 Å². The minimum absolute atomic E-state index is 0.144. The van der Waals surface area contributed by atoms with Crippen molar-refractivity contribution in [1.82, 2.24) is 9.55 Å². The molecule has 1 N–H and O–H groups in total. The predicted molar refractivity (Wildman–Crippen MR) is 87.9 cm³/mol. The quantitative estimate of drug-likeness (QED) is 0.798. The molecular formula is C16H15N3O3S. The fraction of sp³-hybridized carbons (Fsp3) is 0.312. The van der Waals surface area contributed by atoms with Crippen molar-refractivity contribution < 1.29 is 9.21 Å². The number of carbonyl (C=O) groups is 1.